The highest BCUT2D eigenvalue weighted by atomic mass is 35.5. The summed E-state index contributed by atoms with van der Waals surface area (Å²) in [5, 5.41) is 11.9. The van der Waals surface area contributed by atoms with Crippen molar-refractivity contribution in [3.63, 3.8) is 0 Å². The number of carbonyl (C=O) groups excluding carboxylic acids is 1. The molecule has 0 radical (unpaired) electrons. The molecule has 2 fully saturated rings. The van der Waals surface area contributed by atoms with E-state index in [9.17, 15) is 4.79 Å². The highest BCUT2D eigenvalue weighted by Crippen LogP contribution is 2.45. The maximum Gasteiger partial charge on any atom is 0.295 e. The molecule has 1 aliphatic carbocycles. The van der Waals surface area contributed by atoms with Gasteiger partial charge in [-0.25, -0.2) is 4.98 Å². The third-order valence-electron chi connectivity index (χ3n) is 6.25. The van der Waals surface area contributed by atoms with Crippen LogP contribution in [-0.2, 0) is 4.74 Å². The predicted octanol–water partition coefficient (Wildman–Crippen LogP) is 4.56. The molecule has 0 bridgehead atoms. The smallest absolute Gasteiger partial charge is 0.295 e. The first kappa shape index (κ1) is 22.9. The quantitative estimate of drug-likeness (QED) is 0.469. The zero-order valence-electron chi connectivity index (χ0n) is 18.8. The standard InChI is InChI=1S/C23H24ClN5O4S/c1-13-6-15(16-7-19(24)26-10-18(16)31-2)17(9-25-13)20(30)27-21-28-29-22(34-21)32-11-14-8-23(33-12-14)4-3-5-23/h6-7,9-10,14H,3-5,8,11-12H2,1-2H3,(H,27,28,30)/t14-/m0/s1. The zero-order chi connectivity index (χ0) is 23.7. The Bertz CT molecular complexity index is 1220. The number of nitrogens with one attached hydrogen (secondary N) is 1. The Morgan fingerprint density at radius 2 is 2.12 bits per heavy atom. The van der Waals surface area contributed by atoms with Gasteiger partial charge < -0.3 is 14.2 Å². The SMILES string of the molecule is COc1cnc(Cl)cc1-c1cc(C)ncc1C(=O)Nc1nnc(OC[C@H]2COC3(CCC3)C2)s1. The van der Waals surface area contributed by atoms with Crippen molar-refractivity contribution < 1.29 is 19.0 Å². The maximum absolute atomic E-state index is 13.1. The highest BCUT2D eigenvalue weighted by Gasteiger charge is 2.45. The molecule has 9 nitrogen and oxygen atoms in total. The van der Waals surface area contributed by atoms with Crippen LogP contribution in [0.25, 0.3) is 11.1 Å². The molecule has 1 spiro atoms. The highest BCUT2D eigenvalue weighted by molar-refractivity contribution is 7.17. The lowest BCUT2D eigenvalue weighted by atomic mass is 9.76. The van der Waals surface area contributed by atoms with E-state index in [0.29, 0.717) is 57.0 Å². The summed E-state index contributed by atoms with van der Waals surface area (Å²) in [6, 6.07) is 3.46. The first-order valence-electron chi connectivity index (χ1n) is 11.0. The summed E-state index contributed by atoms with van der Waals surface area (Å²) in [5.74, 6) is 0.470. The van der Waals surface area contributed by atoms with Crippen LogP contribution < -0.4 is 14.8 Å². The van der Waals surface area contributed by atoms with Crippen LogP contribution in [-0.4, -0.2) is 52.0 Å². The minimum Gasteiger partial charge on any atom is -0.494 e. The number of hydrogen-bond donors (Lipinski definition) is 1. The van der Waals surface area contributed by atoms with Crippen LogP contribution in [0.3, 0.4) is 0 Å². The number of aryl methyl sites for hydroxylation is 1. The molecule has 1 saturated heterocycles. The van der Waals surface area contributed by atoms with E-state index >= 15 is 0 Å². The van der Waals surface area contributed by atoms with Crippen molar-refractivity contribution in [1.29, 1.82) is 0 Å². The van der Waals surface area contributed by atoms with Crippen molar-refractivity contribution in [2.45, 2.75) is 38.2 Å². The Morgan fingerprint density at radius 1 is 1.26 bits per heavy atom. The van der Waals surface area contributed by atoms with Gasteiger partial charge >= 0.3 is 0 Å². The molecule has 1 saturated carbocycles. The maximum atomic E-state index is 13.1. The second kappa shape index (κ2) is 9.44. The molecule has 0 aromatic carbocycles. The van der Waals surface area contributed by atoms with Crippen molar-refractivity contribution in [1.82, 2.24) is 20.2 Å². The largest absolute Gasteiger partial charge is 0.494 e. The lowest BCUT2D eigenvalue weighted by molar-refractivity contribution is -0.0565. The number of amides is 1. The number of ether oxygens (including phenoxy) is 3. The minimum atomic E-state index is -0.378. The van der Waals surface area contributed by atoms with E-state index in [2.05, 4.69) is 25.5 Å². The lowest BCUT2D eigenvalue weighted by Crippen LogP contribution is -2.36. The molecule has 1 atom stereocenters. The normalized spacial score (nSPS) is 18.5. The van der Waals surface area contributed by atoms with E-state index < -0.39 is 0 Å². The number of rotatable bonds is 7. The van der Waals surface area contributed by atoms with Gasteiger partial charge in [0.2, 0.25) is 5.13 Å². The topological polar surface area (TPSA) is 108 Å². The average molecular weight is 502 g/mol. The van der Waals surface area contributed by atoms with Gasteiger partial charge in [-0.05, 0) is 56.1 Å². The number of nitrogens with zero attached hydrogens (tertiary/aromatic N) is 4. The fourth-order valence-corrected chi connectivity index (χ4v) is 5.15. The Balaban J connectivity index is 1.28. The molecule has 0 unspecified atom stereocenters. The van der Waals surface area contributed by atoms with Crippen LogP contribution in [0.4, 0.5) is 5.13 Å². The van der Waals surface area contributed by atoms with Gasteiger partial charge in [-0.2, -0.15) is 0 Å². The van der Waals surface area contributed by atoms with Gasteiger partial charge in [0.05, 0.1) is 37.7 Å². The van der Waals surface area contributed by atoms with Gasteiger partial charge in [0.15, 0.2) is 0 Å². The van der Waals surface area contributed by atoms with E-state index in [1.54, 1.807) is 12.1 Å². The van der Waals surface area contributed by atoms with Crippen LogP contribution in [0, 0.1) is 12.8 Å². The van der Waals surface area contributed by atoms with Crippen molar-refractivity contribution in [3.05, 3.63) is 40.9 Å². The summed E-state index contributed by atoms with van der Waals surface area (Å²) < 4.78 is 17.2. The summed E-state index contributed by atoms with van der Waals surface area (Å²) in [6.45, 7) is 3.09. The molecule has 11 heteroatoms. The van der Waals surface area contributed by atoms with Crippen molar-refractivity contribution in [2.75, 3.05) is 25.6 Å². The van der Waals surface area contributed by atoms with Gasteiger partial charge in [0.25, 0.3) is 11.1 Å². The van der Waals surface area contributed by atoms with Gasteiger partial charge in [-0.3, -0.25) is 15.1 Å². The second-order valence-electron chi connectivity index (χ2n) is 8.63. The van der Waals surface area contributed by atoms with E-state index in [-0.39, 0.29) is 11.5 Å². The molecule has 178 valence electrons. The van der Waals surface area contributed by atoms with Gasteiger partial charge in [-0.15, -0.1) is 5.10 Å². The molecule has 1 amide bonds. The van der Waals surface area contributed by atoms with Gasteiger partial charge in [0.1, 0.15) is 10.9 Å². The van der Waals surface area contributed by atoms with E-state index in [1.165, 1.54) is 37.3 Å². The van der Waals surface area contributed by atoms with Crippen LogP contribution in [0.2, 0.25) is 5.15 Å². The van der Waals surface area contributed by atoms with Gasteiger partial charge in [-0.1, -0.05) is 16.7 Å². The number of anilines is 1. The molecular weight excluding hydrogens is 478 g/mol. The Morgan fingerprint density at radius 3 is 2.85 bits per heavy atom. The average Bonchev–Trinajstić information content (AvgIpc) is 3.44. The minimum absolute atomic E-state index is 0.0931. The molecule has 1 N–H and O–H groups in total. The molecule has 1 aliphatic heterocycles. The molecule has 3 aromatic rings. The van der Waals surface area contributed by atoms with Gasteiger partial charge in [0, 0.05) is 28.9 Å². The van der Waals surface area contributed by atoms with E-state index in [0.717, 1.165) is 25.0 Å². The van der Waals surface area contributed by atoms with Crippen LogP contribution in [0.5, 0.6) is 10.9 Å². The number of carbonyl (C=O) groups is 1. The van der Waals surface area contributed by atoms with Crippen LogP contribution >= 0.6 is 22.9 Å². The number of pyridine rings is 2. The molecule has 2 aliphatic rings. The molecule has 5 rings (SSSR count). The zero-order valence-corrected chi connectivity index (χ0v) is 20.4. The van der Waals surface area contributed by atoms with Crippen LogP contribution in [0.1, 0.15) is 41.7 Å². The Kier molecular flexibility index (Phi) is 6.37. The van der Waals surface area contributed by atoms with E-state index in [4.69, 9.17) is 25.8 Å². The predicted molar refractivity (Wildman–Crippen MR) is 128 cm³/mol. The lowest BCUT2D eigenvalue weighted by Gasteiger charge is -2.37. The monoisotopic (exact) mass is 501 g/mol. The van der Waals surface area contributed by atoms with Crippen LogP contribution in [0.15, 0.2) is 24.5 Å². The third-order valence-corrected chi connectivity index (χ3v) is 7.21. The Hall–Kier alpha value is -2.82. The fourth-order valence-electron chi connectivity index (χ4n) is 4.39. The first-order valence-corrected chi connectivity index (χ1v) is 12.2. The van der Waals surface area contributed by atoms with Crippen molar-refractivity contribution in [2.24, 2.45) is 5.92 Å². The van der Waals surface area contributed by atoms with Crippen molar-refractivity contribution >= 4 is 34.0 Å². The molecule has 34 heavy (non-hydrogen) atoms. The summed E-state index contributed by atoms with van der Waals surface area (Å²) in [5.41, 5.74) is 2.45. The third kappa shape index (κ3) is 4.70. The number of halogens is 1. The Labute approximate surface area is 205 Å². The first-order chi connectivity index (χ1) is 16.4. The second-order valence-corrected chi connectivity index (χ2v) is 9.96. The molecular formula is C23H24ClN5O4S. The van der Waals surface area contributed by atoms with E-state index in [1.807, 2.05) is 6.92 Å². The summed E-state index contributed by atoms with van der Waals surface area (Å²) in [7, 11) is 1.54. The molecule has 3 aromatic heterocycles. The number of aromatic nitrogens is 4. The van der Waals surface area contributed by atoms with Crippen molar-refractivity contribution in [3.8, 4) is 22.1 Å². The number of methoxy groups -OCH3 is 1. The summed E-state index contributed by atoms with van der Waals surface area (Å²) in [4.78, 5) is 21.5. The summed E-state index contributed by atoms with van der Waals surface area (Å²) in [6.07, 6.45) is 7.60. The summed E-state index contributed by atoms with van der Waals surface area (Å²) >= 11 is 7.29. The molecule has 4 heterocycles. The fraction of sp³-hybridized carbons (Fsp3) is 0.435. The number of hydrogen-bond acceptors (Lipinski definition) is 9.